The van der Waals surface area contributed by atoms with Crippen LogP contribution in [0.25, 0.3) is 10.9 Å². The summed E-state index contributed by atoms with van der Waals surface area (Å²) < 4.78 is 0. The van der Waals surface area contributed by atoms with Gasteiger partial charge < -0.3 is 0 Å². The monoisotopic (exact) mass is 235 g/mol. The third-order valence-corrected chi connectivity index (χ3v) is 3.37. The van der Waals surface area contributed by atoms with E-state index in [0.29, 0.717) is 5.92 Å². The first kappa shape index (κ1) is 11.0. The third kappa shape index (κ3) is 1.80. The Morgan fingerprint density at radius 1 is 1.06 bits per heavy atom. The second-order valence-electron chi connectivity index (χ2n) is 4.43. The first-order valence-electron chi connectivity index (χ1n) is 6.16. The predicted molar refractivity (Wildman–Crippen MR) is 74.4 cm³/mol. The molecule has 2 nitrogen and oxygen atoms in total. The van der Waals surface area contributed by atoms with E-state index in [2.05, 4.69) is 59.6 Å². The average Bonchev–Trinajstić information content (AvgIpc) is 2.90. The summed E-state index contributed by atoms with van der Waals surface area (Å²) in [5, 5.41) is 8.38. The van der Waals surface area contributed by atoms with Gasteiger partial charge in [0.05, 0.1) is 11.7 Å². The Kier molecular flexibility index (Phi) is 2.85. The maximum Gasteiger partial charge on any atom is 0.0688 e. The molecule has 2 heteroatoms. The molecule has 0 fully saturated rings. The highest BCUT2D eigenvalue weighted by molar-refractivity contribution is 5.82. The molecule has 1 aromatic heterocycles. The quantitative estimate of drug-likeness (QED) is 0.732. The minimum atomic E-state index is 0.315. The highest BCUT2D eigenvalue weighted by Crippen LogP contribution is 2.31. The van der Waals surface area contributed by atoms with Crippen LogP contribution in [0.1, 0.15) is 23.5 Å². The number of aromatic amines is 1. The number of hydrogen-bond acceptors (Lipinski definition) is 1. The highest BCUT2D eigenvalue weighted by Gasteiger charge is 2.15. The lowest BCUT2D eigenvalue weighted by atomic mass is 9.88. The molecule has 1 atom stereocenters. The Morgan fingerprint density at radius 2 is 1.89 bits per heavy atom. The van der Waals surface area contributed by atoms with Crippen molar-refractivity contribution in [2.45, 2.75) is 12.3 Å². The van der Waals surface area contributed by atoms with Crippen molar-refractivity contribution in [3.8, 4) is 0 Å². The van der Waals surface area contributed by atoms with Crippen LogP contribution in [0.3, 0.4) is 0 Å². The molecule has 0 spiro atoms. The van der Waals surface area contributed by atoms with Crippen LogP contribution in [-0.4, -0.2) is 10.2 Å². The topological polar surface area (TPSA) is 28.7 Å². The molecule has 0 aliphatic carbocycles. The van der Waals surface area contributed by atoms with Gasteiger partial charge in [-0.2, -0.15) is 5.10 Å². The van der Waals surface area contributed by atoms with E-state index < -0.39 is 0 Å². The predicted octanol–water partition coefficient (Wildman–Crippen LogP) is 3.92. The minimum absolute atomic E-state index is 0.315. The Balaban J connectivity index is 2.15. The fourth-order valence-corrected chi connectivity index (χ4v) is 2.47. The SMILES string of the molecule is [CH2]CC(c1ccccc1)c1cccc2cn[nH]c12. The van der Waals surface area contributed by atoms with Crippen LogP contribution in [-0.2, 0) is 0 Å². The lowest BCUT2D eigenvalue weighted by Crippen LogP contribution is -2.00. The van der Waals surface area contributed by atoms with Gasteiger partial charge in [0, 0.05) is 11.3 Å². The summed E-state index contributed by atoms with van der Waals surface area (Å²) in [7, 11) is 0. The van der Waals surface area contributed by atoms with Crippen molar-refractivity contribution in [1.82, 2.24) is 10.2 Å². The van der Waals surface area contributed by atoms with Gasteiger partial charge >= 0.3 is 0 Å². The number of nitrogens with one attached hydrogen (secondary N) is 1. The molecule has 0 saturated carbocycles. The highest BCUT2D eigenvalue weighted by atomic mass is 15.1. The fraction of sp³-hybridized carbons (Fsp3) is 0.125. The summed E-state index contributed by atoms with van der Waals surface area (Å²) in [6.07, 6.45) is 2.70. The summed E-state index contributed by atoms with van der Waals surface area (Å²) in [4.78, 5) is 0. The van der Waals surface area contributed by atoms with E-state index in [1.54, 1.807) is 0 Å². The number of rotatable bonds is 3. The van der Waals surface area contributed by atoms with Gasteiger partial charge in [-0.25, -0.2) is 0 Å². The van der Waals surface area contributed by atoms with Gasteiger partial charge in [-0.15, -0.1) is 0 Å². The Bertz CT molecular complexity index is 640. The molecule has 18 heavy (non-hydrogen) atoms. The number of benzene rings is 2. The summed E-state index contributed by atoms with van der Waals surface area (Å²) >= 11 is 0. The van der Waals surface area contributed by atoms with Gasteiger partial charge in [-0.1, -0.05) is 55.5 Å². The lowest BCUT2D eigenvalue weighted by Gasteiger charge is -2.16. The standard InChI is InChI=1S/C16H15N2/c1-2-14(12-7-4-3-5-8-12)15-10-6-9-13-11-17-18-16(13)15/h3-11,14H,1-2H2,(H,17,18). The molecule has 3 aromatic rings. The van der Waals surface area contributed by atoms with Gasteiger partial charge in [0.2, 0.25) is 0 Å². The summed E-state index contributed by atoms with van der Waals surface area (Å²) in [6, 6.07) is 16.8. The molecule has 0 aliphatic rings. The second-order valence-corrected chi connectivity index (χ2v) is 4.43. The molecule has 1 radical (unpaired) electrons. The second kappa shape index (κ2) is 4.65. The molecule has 1 N–H and O–H groups in total. The molecule has 3 rings (SSSR count). The Labute approximate surface area is 107 Å². The summed E-state index contributed by atoms with van der Waals surface area (Å²) in [6.45, 7) is 4.10. The number of H-pyrrole nitrogens is 1. The van der Waals surface area contributed by atoms with Crippen LogP contribution in [0.4, 0.5) is 0 Å². The summed E-state index contributed by atoms with van der Waals surface area (Å²) in [5.74, 6) is 0.315. The molecule has 1 unspecified atom stereocenters. The zero-order valence-corrected chi connectivity index (χ0v) is 10.1. The van der Waals surface area contributed by atoms with Crippen LogP contribution in [0.15, 0.2) is 54.7 Å². The maximum absolute atomic E-state index is 4.13. The van der Waals surface area contributed by atoms with Gasteiger partial charge in [0.25, 0.3) is 0 Å². The fourth-order valence-electron chi connectivity index (χ4n) is 2.47. The van der Waals surface area contributed by atoms with Crippen LogP contribution in [0, 0.1) is 6.92 Å². The first-order chi connectivity index (χ1) is 8.90. The van der Waals surface area contributed by atoms with Crippen molar-refractivity contribution in [3.63, 3.8) is 0 Å². The van der Waals surface area contributed by atoms with Gasteiger partial charge in [-0.05, 0) is 17.5 Å². The Morgan fingerprint density at radius 3 is 2.67 bits per heavy atom. The first-order valence-corrected chi connectivity index (χ1v) is 6.16. The number of fused-ring (bicyclic) bond motifs is 1. The molecule has 0 aliphatic heterocycles. The van der Waals surface area contributed by atoms with Crippen LogP contribution in [0.2, 0.25) is 0 Å². The van der Waals surface area contributed by atoms with Gasteiger partial charge in [-0.3, -0.25) is 5.10 Å². The number of nitrogens with zero attached hydrogens (tertiary/aromatic N) is 1. The lowest BCUT2D eigenvalue weighted by molar-refractivity contribution is 0.831. The number of para-hydroxylation sites is 1. The maximum atomic E-state index is 4.13. The van der Waals surface area contributed by atoms with Crippen molar-refractivity contribution >= 4 is 10.9 Å². The third-order valence-electron chi connectivity index (χ3n) is 3.37. The number of hydrogen-bond donors (Lipinski definition) is 1. The van der Waals surface area contributed by atoms with Gasteiger partial charge in [0.1, 0.15) is 0 Å². The van der Waals surface area contributed by atoms with E-state index in [1.165, 1.54) is 11.1 Å². The van der Waals surface area contributed by atoms with E-state index in [0.717, 1.165) is 17.3 Å². The molecule has 0 bridgehead atoms. The zero-order valence-electron chi connectivity index (χ0n) is 10.1. The van der Waals surface area contributed by atoms with E-state index in [9.17, 15) is 0 Å². The molecule has 89 valence electrons. The summed E-state index contributed by atoms with van der Waals surface area (Å²) in [5.41, 5.74) is 3.69. The smallest absolute Gasteiger partial charge is 0.0688 e. The van der Waals surface area contributed by atoms with Crippen LogP contribution >= 0.6 is 0 Å². The van der Waals surface area contributed by atoms with Crippen molar-refractivity contribution < 1.29 is 0 Å². The van der Waals surface area contributed by atoms with E-state index >= 15 is 0 Å². The molecular weight excluding hydrogens is 220 g/mol. The molecule has 0 saturated heterocycles. The van der Waals surface area contributed by atoms with Crippen molar-refractivity contribution in [2.75, 3.05) is 0 Å². The van der Waals surface area contributed by atoms with Crippen LogP contribution in [0.5, 0.6) is 0 Å². The Hall–Kier alpha value is -2.09. The van der Waals surface area contributed by atoms with Crippen molar-refractivity contribution in [2.24, 2.45) is 0 Å². The molecule has 0 amide bonds. The number of aromatic nitrogens is 2. The van der Waals surface area contributed by atoms with Crippen LogP contribution < -0.4 is 0 Å². The largest absolute Gasteiger partial charge is 0.278 e. The molecule has 2 aromatic carbocycles. The normalized spacial score (nSPS) is 12.7. The zero-order chi connectivity index (χ0) is 12.4. The van der Waals surface area contributed by atoms with Crippen molar-refractivity contribution in [1.29, 1.82) is 0 Å². The molecule has 1 heterocycles. The minimum Gasteiger partial charge on any atom is -0.278 e. The van der Waals surface area contributed by atoms with E-state index in [1.807, 2.05) is 12.3 Å². The average molecular weight is 235 g/mol. The van der Waals surface area contributed by atoms with E-state index in [-0.39, 0.29) is 0 Å². The van der Waals surface area contributed by atoms with Gasteiger partial charge in [0.15, 0.2) is 0 Å². The van der Waals surface area contributed by atoms with E-state index in [4.69, 9.17) is 0 Å². The van der Waals surface area contributed by atoms with Crippen molar-refractivity contribution in [3.05, 3.63) is 72.8 Å². The molecular formula is C16H15N2.